The van der Waals surface area contributed by atoms with Gasteiger partial charge in [0.1, 0.15) is 5.69 Å². The quantitative estimate of drug-likeness (QED) is 0.474. The fourth-order valence-corrected chi connectivity index (χ4v) is 2.58. The van der Waals surface area contributed by atoms with Gasteiger partial charge in [-0.25, -0.2) is 4.79 Å². The van der Waals surface area contributed by atoms with Gasteiger partial charge in [-0.2, -0.15) is 0 Å². The van der Waals surface area contributed by atoms with Crippen LogP contribution in [-0.4, -0.2) is 29.7 Å². The summed E-state index contributed by atoms with van der Waals surface area (Å²) >= 11 is 0. The van der Waals surface area contributed by atoms with Crippen molar-refractivity contribution < 1.29 is 19.6 Å². The number of nitro groups is 1. The molecule has 0 heterocycles. The molecule has 0 fully saturated rings. The molecule has 0 spiro atoms. The van der Waals surface area contributed by atoms with E-state index in [2.05, 4.69) is 5.32 Å². The summed E-state index contributed by atoms with van der Waals surface area (Å²) in [5.74, 6) is -0.742. The Bertz CT molecular complexity index is 789. The van der Waals surface area contributed by atoms with E-state index in [4.69, 9.17) is 4.74 Å². The normalized spacial score (nSPS) is 13.0. The van der Waals surface area contributed by atoms with Crippen molar-refractivity contribution in [3.63, 3.8) is 0 Å². The first kappa shape index (κ1) is 18.4. The summed E-state index contributed by atoms with van der Waals surface area (Å²) in [4.78, 5) is 23.3. The van der Waals surface area contributed by atoms with Crippen molar-refractivity contribution in [3.8, 4) is 0 Å². The molecular formula is C18H20N2O5. The summed E-state index contributed by atoms with van der Waals surface area (Å²) < 4.78 is 4.86. The number of esters is 1. The Hall–Kier alpha value is -2.93. The third-order valence-corrected chi connectivity index (χ3v) is 4.01. The van der Waals surface area contributed by atoms with Gasteiger partial charge < -0.3 is 15.2 Å². The van der Waals surface area contributed by atoms with E-state index in [1.54, 1.807) is 37.3 Å². The number of rotatable bonds is 6. The lowest BCUT2D eigenvalue weighted by Crippen LogP contribution is -2.47. The predicted molar refractivity (Wildman–Crippen MR) is 93.4 cm³/mol. The highest BCUT2D eigenvalue weighted by Gasteiger charge is 2.42. The molecule has 0 aliphatic rings. The number of anilines is 1. The number of ether oxygens (including phenoxy) is 1. The van der Waals surface area contributed by atoms with Crippen LogP contribution in [0.5, 0.6) is 0 Å². The van der Waals surface area contributed by atoms with E-state index >= 15 is 0 Å². The number of nitrogens with one attached hydrogen (secondary N) is 1. The number of carbonyl (C=O) groups excluding carboxylic acids is 1. The van der Waals surface area contributed by atoms with E-state index in [0.717, 1.165) is 5.56 Å². The Kier molecular flexibility index (Phi) is 5.38. The van der Waals surface area contributed by atoms with Crippen LogP contribution in [0.4, 0.5) is 11.4 Å². The first-order valence-electron chi connectivity index (χ1n) is 7.63. The maximum Gasteiger partial charge on any atom is 0.338 e. The van der Waals surface area contributed by atoms with Gasteiger partial charge >= 0.3 is 5.97 Å². The molecule has 7 heteroatoms. The van der Waals surface area contributed by atoms with E-state index in [1.165, 1.54) is 19.2 Å². The topological polar surface area (TPSA) is 102 Å². The number of carbonyl (C=O) groups is 1. The van der Waals surface area contributed by atoms with Crippen molar-refractivity contribution in [2.45, 2.75) is 19.4 Å². The van der Waals surface area contributed by atoms with E-state index in [1.807, 2.05) is 6.92 Å². The number of aliphatic hydroxyl groups is 1. The Labute approximate surface area is 145 Å². The first-order chi connectivity index (χ1) is 11.8. The SMILES string of the molecule is COC(=O)C(CO)(Nc1ccc(C)cc1[N+](=O)[O-])c1ccc(C)cc1. The van der Waals surface area contributed by atoms with Gasteiger partial charge in [0.2, 0.25) is 0 Å². The summed E-state index contributed by atoms with van der Waals surface area (Å²) in [6.45, 7) is 2.99. The Morgan fingerprint density at radius 1 is 1.20 bits per heavy atom. The average molecular weight is 344 g/mol. The third-order valence-electron chi connectivity index (χ3n) is 4.01. The third kappa shape index (κ3) is 3.61. The fourth-order valence-electron chi connectivity index (χ4n) is 2.58. The largest absolute Gasteiger partial charge is 0.467 e. The maximum absolute atomic E-state index is 12.5. The molecule has 2 N–H and O–H groups in total. The minimum Gasteiger partial charge on any atom is -0.467 e. The van der Waals surface area contributed by atoms with Crippen LogP contribution in [0.1, 0.15) is 16.7 Å². The van der Waals surface area contributed by atoms with Gasteiger partial charge in [0.15, 0.2) is 5.54 Å². The van der Waals surface area contributed by atoms with E-state index in [0.29, 0.717) is 11.1 Å². The second-order valence-corrected chi connectivity index (χ2v) is 5.82. The van der Waals surface area contributed by atoms with Gasteiger partial charge in [0.25, 0.3) is 5.69 Å². The molecule has 0 saturated heterocycles. The molecule has 0 aromatic heterocycles. The Morgan fingerprint density at radius 2 is 1.80 bits per heavy atom. The second kappa shape index (κ2) is 7.31. The van der Waals surface area contributed by atoms with Crippen molar-refractivity contribution >= 4 is 17.3 Å². The molecule has 25 heavy (non-hydrogen) atoms. The van der Waals surface area contributed by atoms with Crippen molar-refractivity contribution in [3.05, 3.63) is 69.3 Å². The lowest BCUT2D eigenvalue weighted by atomic mass is 9.89. The summed E-state index contributed by atoms with van der Waals surface area (Å²) in [5.41, 5.74) is 0.413. The van der Waals surface area contributed by atoms with Gasteiger partial charge in [-0.1, -0.05) is 35.9 Å². The van der Waals surface area contributed by atoms with E-state index in [-0.39, 0.29) is 11.4 Å². The first-order valence-corrected chi connectivity index (χ1v) is 7.63. The van der Waals surface area contributed by atoms with Crippen molar-refractivity contribution in [1.82, 2.24) is 0 Å². The second-order valence-electron chi connectivity index (χ2n) is 5.82. The number of nitro benzene ring substituents is 1. The minimum atomic E-state index is -1.65. The van der Waals surface area contributed by atoms with Gasteiger partial charge in [-0.05, 0) is 31.0 Å². The van der Waals surface area contributed by atoms with Crippen LogP contribution in [-0.2, 0) is 15.1 Å². The number of methoxy groups -OCH3 is 1. The van der Waals surface area contributed by atoms with E-state index < -0.39 is 23.0 Å². The number of aryl methyl sites for hydroxylation is 2. The zero-order valence-corrected chi connectivity index (χ0v) is 14.3. The van der Waals surface area contributed by atoms with Gasteiger partial charge in [-0.3, -0.25) is 10.1 Å². The monoisotopic (exact) mass is 344 g/mol. The smallest absolute Gasteiger partial charge is 0.338 e. The van der Waals surface area contributed by atoms with Gasteiger partial charge in [-0.15, -0.1) is 0 Å². The average Bonchev–Trinajstić information content (AvgIpc) is 2.60. The molecule has 132 valence electrons. The fraction of sp³-hybridized carbons (Fsp3) is 0.278. The number of hydrogen-bond acceptors (Lipinski definition) is 6. The summed E-state index contributed by atoms with van der Waals surface area (Å²) in [5, 5.41) is 24.2. The number of benzene rings is 2. The summed E-state index contributed by atoms with van der Waals surface area (Å²) in [6.07, 6.45) is 0. The van der Waals surface area contributed by atoms with Crippen molar-refractivity contribution in [2.75, 3.05) is 19.0 Å². The van der Waals surface area contributed by atoms with Crippen LogP contribution in [0, 0.1) is 24.0 Å². The Morgan fingerprint density at radius 3 is 2.32 bits per heavy atom. The standard InChI is InChI=1S/C18H20N2O5/c1-12-4-7-14(8-5-12)18(11-21,17(22)25-3)19-15-9-6-13(2)10-16(15)20(23)24/h4-10,19,21H,11H2,1-3H3. The van der Waals surface area contributed by atoms with Crippen LogP contribution in [0.3, 0.4) is 0 Å². The molecule has 1 unspecified atom stereocenters. The lowest BCUT2D eigenvalue weighted by Gasteiger charge is -2.31. The molecule has 2 aromatic rings. The number of hydrogen-bond donors (Lipinski definition) is 2. The zero-order valence-electron chi connectivity index (χ0n) is 14.3. The molecule has 0 amide bonds. The summed E-state index contributed by atoms with van der Waals surface area (Å²) in [6, 6.07) is 11.5. The highest BCUT2D eigenvalue weighted by molar-refractivity contribution is 5.87. The molecule has 2 aromatic carbocycles. The van der Waals surface area contributed by atoms with Crippen LogP contribution in [0.25, 0.3) is 0 Å². The molecule has 0 radical (unpaired) electrons. The van der Waals surface area contributed by atoms with E-state index in [9.17, 15) is 20.0 Å². The van der Waals surface area contributed by atoms with Gasteiger partial charge in [0.05, 0.1) is 18.6 Å². The van der Waals surface area contributed by atoms with Crippen LogP contribution in [0.15, 0.2) is 42.5 Å². The van der Waals surface area contributed by atoms with Crippen molar-refractivity contribution in [1.29, 1.82) is 0 Å². The van der Waals surface area contributed by atoms with Crippen LogP contribution < -0.4 is 5.32 Å². The minimum absolute atomic E-state index is 0.121. The van der Waals surface area contributed by atoms with Crippen LogP contribution >= 0.6 is 0 Å². The van der Waals surface area contributed by atoms with Gasteiger partial charge in [0, 0.05) is 6.07 Å². The molecule has 1 atom stereocenters. The Balaban J connectivity index is 2.60. The maximum atomic E-state index is 12.5. The zero-order chi connectivity index (χ0) is 18.6. The molecule has 0 saturated carbocycles. The highest BCUT2D eigenvalue weighted by atomic mass is 16.6. The lowest BCUT2D eigenvalue weighted by molar-refractivity contribution is -0.384. The molecule has 7 nitrogen and oxygen atoms in total. The molecule has 0 bridgehead atoms. The number of nitrogens with zero attached hydrogens (tertiary/aromatic N) is 1. The van der Waals surface area contributed by atoms with Crippen LogP contribution in [0.2, 0.25) is 0 Å². The molecule has 0 aliphatic heterocycles. The highest BCUT2D eigenvalue weighted by Crippen LogP contribution is 2.33. The molecule has 2 rings (SSSR count). The number of aliphatic hydroxyl groups excluding tert-OH is 1. The van der Waals surface area contributed by atoms with Crippen molar-refractivity contribution in [2.24, 2.45) is 0 Å². The summed E-state index contributed by atoms with van der Waals surface area (Å²) in [7, 11) is 1.20. The predicted octanol–water partition coefficient (Wildman–Crippen LogP) is 2.68. The molecule has 0 aliphatic carbocycles. The molecular weight excluding hydrogens is 324 g/mol.